The van der Waals surface area contributed by atoms with Crippen LogP contribution in [0.15, 0.2) is 24.3 Å². The van der Waals surface area contributed by atoms with E-state index in [-0.39, 0.29) is 12.5 Å². The Morgan fingerprint density at radius 2 is 2.05 bits per heavy atom. The molecule has 1 aromatic rings. The van der Waals surface area contributed by atoms with E-state index < -0.39 is 11.5 Å². The lowest BCUT2D eigenvalue weighted by atomic mass is 9.84. The number of aliphatic hydroxyl groups is 1. The lowest BCUT2D eigenvalue weighted by Crippen LogP contribution is -2.41. The van der Waals surface area contributed by atoms with Crippen LogP contribution in [0, 0.1) is 5.41 Å². The minimum Gasteiger partial charge on any atom is -0.496 e. The third-order valence-corrected chi connectivity index (χ3v) is 3.00. The van der Waals surface area contributed by atoms with Gasteiger partial charge in [0.05, 0.1) is 13.2 Å². The first-order valence-electron chi connectivity index (χ1n) is 6.45. The molecule has 19 heavy (non-hydrogen) atoms. The molecule has 0 heterocycles. The molecule has 106 valence electrons. The van der Waals surface area contributed by atoms with Gasteiger partial charge in [-0.15, -0.1) is 0 Å². The maximum absolute atomic E-state index is 12.1. The van der Waals surface area contributed by atoms with Crippen molar-refractivity contribution < 1.29 is 14.6 Å². The molecule has 1 aromatic carbocycles. The standard InChI is InChI=1S/C15H23NO3/c1-11(17)10-16-14(18)15(2,3)9-12-7-5-6-8-13(12)19-4/h5-8,11,17H,9-10H2,1-4H3,(H,16,18). The average molecular weight is 265 g/mol. The molecular weight excluding hydrogens is 242 g/mol. The zero-order chi connectivity index (χ0) is 14.5. The molecule has 0 aromatic heterocycles. The summed E-state index contributed by atoms with van der Waals surface area (Å²) in [6, 6.07) is 7.69. The maximum Gasteiger partial charge on any atom is 0.226 e. The fraction of sp³-hybridized carbons (Fsp3) is 0.533. The zero-order valence-corrected chi connectivity index (χ0v) is 12.1. The van der Waals surface area contributed by atoms with Gasteiger partial charge in [-0.25, -0.2) is 0 Å². The number of ether oxygens (including phenoxy) is 1. The van der Waals surface area contributed by atoms with Gasteiger partial charge in [-0.05, 0) is 25.0 Å². The van der Waals surface area contributed by atoms with Gasteiger partial charge < -0.3 is 15.2 Å². The highest BCUT2D eigenvalue weighted by Gasteiger charge is 2.28. The van der Waals surface area contributed by atoms with Gasteiger partial charge in [-0.3, -0.25) is 4.79 Å². The van der Waals surface area contributed by atoms with Crippen LogP contribution in [-0.4, -0.2) is 30.8 Å². The van der Waals surface area contributed by atoms with Crippen LogP contribution in [0.4, 0.5) is 0 Å². The minimum absolute atomic E-state index is 0.0701. The summed E-state index contributed by atoms with van der Waals surface area (Å²) in [6.45, 7) is 5.69. The molecule has 0 spiro atoms. The largest absolute Gasteiger partial charge is 0.496 e. The van der Waals surface area contributed by atoms with Gasteiger partial charge in [0.25, 0.3) is 0 Å². The number of methoxy groups -OCH3 is 1. The third kappa shape index (κ3) is 4.56. The van der Waals surface area contributed by atoms with E-state index in [2.05, 4.69) is 5.32 Å². The molecule has 1 atom stereocenters. The summed E-state index contributed by atoms with van der Waals surface area (Å²) in [7, 11) is 1.62. The van der Waals surface area contributed by atoms with Crippen LogP contribution in [-0.2, 0) is 11.2 Å². The van der Waals surface area contributed by atoms with E-state index in [0.717, 1.165) is 11.3 Å². The number of benzene rings is 1. The molecule has 1 unspecified atom stereocenters. The SMILES string of the molecule is COc1ccccc1CC(C)(C)C(=O)NCC(C)O. The van der Waals surface area contributed by atoms with Crippen LogP contribution < -0.4 is 10.1 Å². The van der Waals surface area contributed by atoms with Crippen LogP contribution in [0.1, 0.15) is 26.3 Å². The smallest absolute Gasteiger partial charge is 0.226 e. The van der Waals surface area contributed by atoms with Gasteiger partial charge in [0.1, 0.15) is 5.75 Å². The highest BCUT2D eigenvalue weighted by Crippen LogP contribution is 2.27. The summed E-state index contributed by atoms with van der Waals surface area (Å²) >= 11 is 0. The second kappa shape index (κ2) is 6.57. The van der Waals surface area contributed by atoms with E-state index in [4.69, 9.17) is 4.74 Å². The molecule has 4 heteroatoms. The number of carbonyl (C=O) groups excluding carboxylic acids is 1. The predicted molar refractivity (Wildman–Crippen MR) is 75.2 cm³/mol. The number of amides is 1. The van der Waals surface area contributed by atoms with Gasteiger partial charge in [-0.2, -0.15) is 0 Å². The Kier molecular flexibility index (Phi) is 5.36. The average Bonchev–Trinajstić information content (AvgIpc) is 2.36. The Hall–Kier alpha value is -1.55. The number of aliphatic hydroxyl groups excluding tert-OH is 1. The topological polar surface area (TPSA) is 58.6 Å². The van der Waals surface area contributed by atoms with Crippen molar-refractivity contribution >= 4 is 5.91 Å². The van der Waals surface area contributed by atoms with E-state index >= 15 is 0 Å². The highest BCUT2D eigenvalue weighted by molar-refractivity contribution is 5.82. The Balaban J connectivity index is 2.75. The second-order valence-electron chi connectivity index (χ2n) is 5.43. The number of carbonyl (C=O) groups is 1. The predicted octanol–water partition coefficient (Wildman–Crippen LogP) is 1.76. The molecule has 0 aliphatic rings. The number of rotatable bonds is 6. The van der Waals surface area contributed by atoms with Gasteiger partial charge in [-0.1, -0.05) is 32.0 Å². The molecule has 0 fully saturated rings. The lowest BCUT2D eigenvalue weighted by molar-refractivity contribution is -0.129. The van der Waals surface area contributed by atoms with Gasteiger partial charge in [0.15, 0.2) is 0 Å². The Bertz CT molecular complexity index is 427. The van der Waals surface area contributed by atoms with Crippen molar-refractivity contribution in [3.63, 3.8) is 0 Å². The monoisotopic (exact) mass is 265 g/mol. The van der Waals surface area contributed by atoms with Gasteiger partial charge in [0, 0.05) is 12.0 Å². The van der Waals surface area contributed by atoms with Crippen molar-refractivity contribution in [2.24, 2.45) is 5.41 Å². The van der Waals surface area contributed by atoms with Crippen LogP contribution in [0.25, 0.3) is 0 Å². The van der Waals surface area contributed by atoms with E-state index in [1.165, 1.54) is 0 Å². The fourth-order valence-electron chi connectivity index (χ4n) is 1.89. The first kappa shape index (κ1) is 15.5. The molecule has 0 aliphatic heterocycles. The van der Waals surface area contributed by atoms with Gasteiger partial charge >= 0.3 is 0 Å². The Morgan fingerprint density at radius 3 is 2.63 bits per heavy atom. The van der Waals surface area contributed by atoms with Crippen LogP contribution in [0.5, 0.6) is 5.75 Å². The first-order chi connectivity index (χ1) is 8.86. The summed E-state index contributed by atoms with van der Waals surface area (Å²) in [5.74, 6) is 0.721. The number of hydrogen-bond acceptors (Lipinski definition) is 3. The minimum atomic E-state index is -0.552. The van der Waals surface area contributed by atoms with Crippen molar-refractivity contribution in [1.29, 1.82) is 0 Å². The van der Waals surface area contributed by atoms with E-state index in [0.29, 0.717) is 6.42 Å². The number of para-hydroxylation sites is 1. The fourth-order valence-corrected chi connectivity index (χ4v) is 1.89. The molecular formula is C15H23NO3. The molecule has 1 rings (SSSR count). The number of nitrogens with one attached hydrogen (secondary N) is 1. The Labute approximate surface area is 114 Å². The molecule has 0 aliphatic carbocycles. The lowest BCUT2D eigenvalue weighted by Gasteiger charge is -2.25. The van der Waals surface area contributed by atoms with Crippen molar-refractivity contribution in [3.8, 4) is 5.75 Å². The van der Waals surface area contributed by atoms with Crippen molar-refractivity contribution in [3.05, 3.63) is 29.8 Å². The van der Waals surface area contributed by atoms with E-state index in [9.17, 15) is 9.90 Å². The highest BCUT2D eigenvalue weighted by atomic mass is 16.5. The van der Waals surface area contributed by atoms with Crippen molar-refractivity contribution in [2.75, 3.05) is 13.7 Å². The molecule has 0 saturated heterocycles. The van der Waals surface area contributed by atoms with Gasteiger partial charge in [0.2, 0.25) is 5.91 Å². The van der Waals surface area contributed by atoms with Crippen LogP contribution >= 0.6 is 0 Å². The molecule has 0 saturated carbocycles. The zero-order valence-electron chi connectivity index (χ0n) is 12.1. The first-order valence-corrected chi connectivity index (χ1v) is 6.45. The molecule has 0 bridgehead atoms. The number of hydrogen-bond donors (Lipinski definition) is 2. The van der Waals surface area contributed by atoms with Crippen LogP contribution in [0.3, 0.4) is 0 Å². The summed E-state index contributed by atoms with van der Waals surface area (Å²) < 4.78 is 5.30. The molecule has 2 N–H and O–H groups in total. The summed E-state index contributed by atoms with van der Waals surface area (Å²) in [6.07, 6.45) is 0.0499. The van der Waals surface area contributed by atoms with Crippen LogP contribution in [0.2, 0.25) is 0 Å². The Morgan fingerprint density at radius 1 is 1.42 bits per heavy atom. The van der Waals surface area contributed by atoms with Crippen molar-refractivity contribution in [2.45, 2.75) is 33.3 Å². The molecule has 1 amide bonds. The van der Waals surface area contributed by atoms with E-state index in [1.54, 1.807) is 14.0 Å². The third-order valence-electron chi connectivity index (χ3n) is 3.00. The summed E-state index contributed by atoms with van der Waals surface area (Å²) in [4.78, 5) is 12.1. The molecule has 4 nitrogen and oxygen atoms in total. The summed E-state index contributed by atoms with van der Waals surface area (Å²) in [5.41, 5.74) is 0.450. The summed E-state index contributed by atoms with van der Waals surface area (Å²) in [5, 5.41) is 12.0. The molecule has 0 radical (unpaired) electrons. The quantitative estimate of drug-likeness (QED) is 0.824. The maximum atomic E-state index is 12.1. The second-order valence-corrected chi connectivity index (χ2v) is 5.43. The van der Waals surface area contributed by atoms with E-state index in [1.807, 2.05) is 38.1 Å². The normalized spacial score (nSPS) is 12.9. The van der Waals surface area contributed by atoms with Crippen molar-refractivity contribution in [1.82, 2.24) is 5.32 Å².